The van der Waals surface area contributed by atoms with Gasteiger partial charge >= 0.3 is 0 Å². The highest BCUT2D eigenvalue weighted by molar-refractivity contribution is 14.0. The van der Waals surface area contributed by atoms with Crippen LogP contribution in [-0.4, -0.2) is 37.5 Å². The molecule has 0 radical (unpaired) electrons. The van der Waals surface area contributed by atoms with Gasteiger partial charge in [0.2, 0.25) is 0 Å². The number of guanidine groups is 1. The molecule has 0 bridgehead atoms. The first-order chi connectivity index (χ1) is 9.43. The Morgan fingerprint density at radius 2 is 1.86 bits per heavy atom. The van der Waals surface area contributed by atoms with E-state index in [1.165, 1.54) is 11.1 Å². The maximum absolute atomic E-state index is 5.92. The summed E-state index contributed by atoms with van der Waals surface area (Å²) in [6.45, 7) is 6.98. The average Bonchev–Trinajstić information content (AvgIpc) is 2.40. The number of rotatable bonds is 6. The van der Waals surface area contributed by atoms with Gasteiger partial charge in [-0.2, -0.15) is 0 Å². The molecule has 0 fully saturated rings. The Hall–Kier alpha value is -0.820. The summed E-state index contributed by atoms with van der Waals surface area (Å²) < 4.78 is 0. The second-order valence-electron chi connectivity index (χ2n) is 5.57. The maximum atomic E-state index is 5.92. The van der Waals surface area contributed by atoms with Gasteiger partial charge < -0.3 is 16.0 Å². The van der Waals surface area contributed by atoms with Gasteiger partial charge in [0, 0.05) is 6.04 Å². The fourth-order valence-corrected chi connectivity index (χ4v) is 1.94. The second-order valence-corrected chi connectivity index (χ2v) is 5.57. The molecular formula is C16H29IN4. The lowest BCUT2D eigenvalue weighted by molar-refractivity contribution is 0.306. The third kappa shape index (κ3) is 7.13. The fraction of sp³-hybridized carbons (Fsp3) is 0.562. The van der Waals surface area contributed by atoms with E-state index in [9.17, 15) is 0 Å². The van der Waals surface area contributed by atoms with E-state index >= 15 is 0 Å². The number of benzene rings is 1. The highest BCUT2D eigenvalue weighted by Crippen LogP contribution is 2.19. The van der Waals surface area contributed by atoms with E-state index in [1.807, 2.05) is 0 Å². The molecule has 0 heterocycles. The van der Waals surface area contributed by atoms with Gasteiger partial charge in [-0.25, -0.2) is 0 Å². The highest BCUT2D eigenvalue weighted by Gasteiger charge is 2.13. The number of nitrogens with one attached hydrogen (secondary N) is 1. The van der Waals surface area contributed by atoms with Gasteiger partial charge in [0.1, 0.15) is 0 Å². The molecule has 1 aromatic rings. The molecule has 4 nitrogen and oxygen atoms in total. The first kappa shape index (κ1) is 20.2. The first-order valence-corrected chi connectivity index (χ1v) is 7.23. The van der Waals surface area contributed by atoms with Crippen LogP contribution < -0.4 is 11.1 Å². The fourth-order valence-electron chi connectivity index (χ4n) is 1.94. The van der Waals surface area contributed by atoms with Gasteiger partial charge in [-0.1, -0.05) is 36.8 Å². The molecule has 0 aliphatic heterocycles. The molecule has 0 saturated carbocycles. The summed E-state index contributed by atoms with van der Waals surface area (Å²) in [5.41, 5.74) is 8.46. The normalized spacial score (nSPS) is 14.5. The number of aliphatic imine (C=N–C) groups is 1. The lowest BCUT2D eigenvalue weighted by atomic mass is 10.0. The van der Waals surface area contributed by atoms with Crippen LogP contribution in [0.3, 0.4) is 0 Å². The Morgan fingerprint density at radius 3 is 2.33 bits per heavy atom. The molecular weight excluding hydrogens is 375 g/mol. The minimum absolute atomic E-state index is 0. The summed E-state index contributed by atoms with van der Waals surface area (Å²) in [5, 5.41) is 3.19. The molecule has 120 valence electrons. The van der Waals surface area contributed by atoms with Crippen molar-refractivity contribution in [2.24, 2.45) is 10.7 Å². The van der Waals surface area contributed by atoms with E-state index in [0.29, 0.717) is 18.5 Å². The Morgan fingerprint density at radius 1 is 1.29 bits per heavy atom. The van der Waals surface area contributed by atoms with E-state index in [0.717, 1.165) is 6.42 Å². The van der Waals surface area contributed by atoms with Crippen LogP contribution in [0, 0.1) is 6.92 Å². The molecule has 0 saturated heterocycles. The van der Waals surface area contributed by atoms with Crippen molar-refractivity contribution in [2.45, 2.75) is 39.3 Å². The Bertz CT molecular complexity index is 428. The number of halogens is 1. The predicted molar refractivity (Wildman–Crippen MR) is 102 cm³/mol. The number of hydrogen-bond donors (Lipinski definition) is 2. The standard InChI is InChI=1S/C16H28N4.HI/c1-6-13(3)19-16(17)18-11-15(20(4)5)14-9-7-12(2)8-10-14;/h7-10,13,15H,6,11H2,1-5H3,(H3,17,18,19);1H. The molecule has 1 aromatic carbocycles. The van der Waals surface area contributed by atoms with Gasteiger partial charge in [0.25, 0.3) is 0 Å². The lowest BCUT2D eigenvalue weighted by Gasteiger charge is -2.23. The molecule has 0 aliphatic carbocycles. The second kappa shape index (κ2) is 10.00. The zero-order valence-electron chi connectivity index (χ0n) is 13.8. The van der Waals surface area contributed by atoms with Gasteiger partial charge in [0.15, 0.2) is 5.96 Å². The molecule has 0 aromatic heterocycles. The lowest BCUT2D eigenvalue weighted by Crippen LogP contribution is -2.38. The number of hydrogen-bond acceptors (Lipinski definition) is 2. The number of nitrogens with zero attached hydrogens (tertiary/aromatic N) is 2. The molecule has 0 amide bonds. The highest BCUT2D eigenvalue weighted by atomic mass is 127. The molecule has 21 heavy (non-hydrogen) atoms. The molecule has 2 atom stereocenters. The zero-order chi connectivity index (χ0) is 15.1. The van der Waals surface area contributed by atoms with E-state index in [1.54, 1.807) is 0 Å². The van der Waals surface area contributed by atoms with E-state index in [2.05, 4.69) is 74.3 Å². The molecule has 2 unspecified atom stereocenters. The topological polar surface area (TPSA) is 53.6 Å². The summed E-state index contributed by atoms with van der Waals surface area (Å²) in [4.78, 5) is 6.65. The summed E-state index contributed by atoms with van der Waals surface area (Å²) in [6.07, 6.45) is 1.03. The summed E-state index contributed by atoms with van der Waals surface area (Å²) in [6, 6.07) is 9.19. The predicted octanol–water partition coefficient (Wildman–Crippen LogP) is 2.92. The largest absolute Gasteiger partial charge is 0.370 e. The molecule has 5 heteroatoms. The molecule has 0 spiro atoms. The van der Waals surface area contributed by atoms with Crippen molar-refractivity contribution in [1.29, 1.82) is 0 Å². The van der Waals surface area contributed by atoms with Crippen molar-refractivity contribution in [3.63, 3.8) is 0 Å². The third-order valence-electron chi connectivity index (χ3n) is 3.53. The minimum Gasteiger partial charge on any atom is -0.370 e. The van der Waals surface area contributed by atoms with Crippen molar-refractivity contribution in [1.82, 2.24) is 10.2 Å². The Kier molecular flexibility index (Phi) is 9.61. The third-order valence-corrected chi connectivity index (χ3v) is 3.53. The van der Waals surface area contributed by atoms with Crippen molar-refractivity contribution in [3.8, 4) is 0 Å². The SMILES string of the molecule is CCC(C)NC(N)=NCC(c1ccc(C)cc1)N(C)C.I. The van der Waals surface area contributed by atoms with Crippen LogP contribution >= 0.6 is 24.0 Å². The van der Waals surface area contributed by atoms with E-state index < -0.39 is 0 Å². The number of nitrogens with two attached hydrogens (primary N) is 1. The quantitative estimate of drug-likeness (QED) is 0.436. The van der Waals surface area contributed by atoms with Crippen LogP contribution in [0.4, 0.5) is 0 Å². The summed E-state index contributed by atoms with van der Waals surface area (Å²) in [5.74, 6) is 0.526. The maximum Gasteiger partial charge on any atom is 0.188 e. The van der Waals surface area contributed by atoms with Gasteiger partial charge in [-0.15, -0.1) is 24.0 Å². The van der Waals surface area contributed by atoms with Crippen LogP contribution in [0.2, 0.25) is 0 Å². The average molecular weight is 404 g/mol. The Labute approximate surface area is 146 Å². The van der Waals surface area contributed by atoms with Crippen LogP contribution in [0.1, 0.15) is 37.4 Å². The smallest absolute Gasteiger partial charge is 0.188 e. The number of likely N-dealkylation sites (N-methyl/N-ethyl adjacent to an activating group) is 1. The van der Waals surface area contributed by atoms with E-state index in [4.69, 9.17) is 5.73 Å². The summed E-state index contributed by atoms with van der Waals surface area (Å²) >= 11 is 0. The van der Waals surface area contributed by atoms with Gasteiger partial charge in [-0.05, 0) is 39.9 Å². The van der Waals surface area contributed by atoms with Crippen molar-refractivity contribution in [2.75, 3.05) is 20.6 Å². The van der Waals surface area contributed by atoms with Gasteiger partial charge in [0.05, 0.1) is 12.6 Å². The Balaban J connectivity index is 0.00000400. The monoisotopic (exact) mass is 404 g/mol. The number of aryl methyl sites for hydroxylation is 1. The molecule has 3 N–H and O–H groups in total. The van der Waals surface area contributed by atoms with Crippen LogP contribution in [0.25, 0.3) is 0 Å². The van der Waals surface area contributed by atoms with Crippen molar-refractivity contribution < 1.29 is 0 Å². The summed E-state index contributed by atoms with van der Waals surface area (Å²) in [7, 11) is 4.14. The molecule has 1 rings (SSSR count). The van der Waals surface area contributed by atoms with Crippen molar-refractivity contribution in [3.05, 3.63) is 35.4 Å². The zero-order valence-corrected chi connectivity index (χ0v) is 16.1. The van der Waals surface area contributed by atoms with Crippen LogP contribution in [0.15, 0.2) is 29.3 Å². The minimum atomic E-state index is 0. The first-order valence-electron chi connectivity index (χ1n) is 7.23. The van der Waals surface area contributed by atoms with Crippen LogP contribution in [0.5, 0.6) is 0 Å². The molecule has 0 aliphatic rings. The van der Waals surface area contributed by atoms with E-state index in [-0.39, 0.29) is 30.0 Å². The van der Waals surface area contributed by atoms with Crippen LogP contribution in [-0.2, 0) is 0 Å². The van der Waals surface area contributed by atoms with Crippen molar-refractivity contribution >= 4 is 29.9 Å². The van der Waals surface area contributed by atoms with Gasteiger partial charge in [-0.3, -0.25) is 4.99 Å².